The highest BCUT2D eigenvalue weighted by atomic mass is 15.3. The van der Waals surface area contributed by atoms with E-state index in [-0.39, 0.29) is 5.54 Å². The SMILES string of the molecule is C#CC1(n2cccn2)CCNCC1. The molecule has 0 atom stereocenters. The smallest absolute Gasteiger partial charge is 0.125 e. The minimum absolute atomic E-state index is 0.186. The van der Waals surface area contributed by atoms with E-state index in [0.717, 1.165) is 25.9 Å². The number of piperidine rings is 1. The summed E-state index contributed by atoms with van der Waals surface area (Å²) < 4.78 is 1.91. The molecule has 2 rings (SSSR count). The van der Waals surface area contributed by atoms with E-state index in [9.17, 15) is 0 Å². The minimum Gasteiger partial charge on any atom is -0.316 e. The Labute approximate surface area is 78.1 Å². The maximum Gasteiger partial charge on any atom is 0.125 e. The van der Waals surface area contributed by atoms with Crippen LogP contribution in [0.3, 0.4) is 0 Å². The van der Waals surface area contributed by atoms with Gasteiger partial charge in [0.15, 0.2) is 0 Å². The van der Waals surface area contributed by atoms with Gasteiger partial charge in [0, 0.05) is 12.4 Å². The molecule has 1 aliphatic heterocycles. The Hall–Kier alpha value is -1.27. The van der Waals surface area contributed by atoms with Crippen molar-refractivity contribution >= 4 is 0 Å². The molecule has 1 aromatic rings. The third-order valence-electron chi connectivity index (χ3n) is 2.64. The Bertz CT molecular complexity index is 301. The molecule has 2 heterocycles. The lowest BCUT2D eigenvalue weighted by molar-refractivity contribution is 0.260. The van der Waals surface area contributed by atoms with Crippen molar-refractivity contribution in [3.8, 4) is 12.3 Å². The predicted octanol–water partition coefficient (Wildman–Crippen LogP) is 0.595. The summed E-state index contributed by atoms with van der Waals surface area (Å²) in [5.41, 5.74) is -0.186. The quantitative estimate of drug-likeness (QED) is 0.633. The molecule has 0 amide bonds. The zero-order valence-corrected chi connectivity index (χ0v) is 7.53. The number of nitrogens with one attached hydrogen (secondary N) is 1. The highest BCUT2D eigenvalue weighted by molar-refractivity contribution is 5.12. The number of terminal acetylenes is 1. The summed E-state index contributed by atoms with van der Waals surface area (Å²) in [5, 5.41) is 7.53. The van der Waals surface area contributed by atoms with Crippen LogP contribution in [-0.2, 0) is 5.54 Å². The first-order valence-electron chi connectivity index (χ1n) is 4.56. The first kappa shape index (κ1) is 8.33. The number of nitrogens with zero attached hydrogens (tertiary/aromatic N) is 2. The van der Waals surface area contributed by atoms with Crippen molar-refractivity contribution in [2.24, 2.45) is 0 Å². The van der Waals surface area contributed by atoms with Gasteiger partial charge in [-0.2, -0.15) is 5.10 Å². The van der Waals surface area contributed by atoms with Gasteiger partial charge in [0.2, 0.25) is 0 Å². The lowest BCUT2D eigenvalue weighted by Crippen LogP contribution is -2.43. The standard InChI is InChI=1S/C10H13N3/c1-2-10(4-7-11-8-5-10)13-9-3-6-12-13/h1,3,6,9,11H,4-5,7-8H2. The lowest BCUT2D eigenvalue weighted by Gasteiger charge is -2.33. The molecule has 0 unspecified atom stereocenters. The second-order valence-electron chi connectivity index (χ2n) is 3.38. The third-order valence-corrected chi connectivity index (χ3v) is 2.64. The fourth-order valence-electron chi connectivity index (χ4n) is 1.80. The van der Waals surface area contributed by atoms with Crippen molar-refractivity contribution in [1.29, 1.82) is 0 Å². The van der Waals surface area contributed by atoms with Crippen molar-refractivity contribution in [2.75, 3.05) is 13.1 Å². The largest absolute Gasteiger partial charge is 0.316 e. The van der Waals surface area contributed by atoms with Crippen molar-refractivity contribution in [3.05, 3.63) is 18.5 Å². The molecule has 0 bridgehead atoms. The van der Waals surface area contributed by atoms with Gasteiger partial charge in [-0.05, 0) is 32.0 Å². The Morgan fingerprint density at radius 2 is 2.23 bits per heavy atom. The molecule has 1 saturated heterocycles. The van der Waals surface area contributed by atoms with E-state index in [4.69, 9.17) is 6.42 Å². The molecular formula is C10H13N3. The van der Waals surface area contributed by atoms with Gasteiger partial charge in [0.25, 0.3) is 0 Å². The van der Waals surface area contributed by atoms with Gasteiger partial charge in [-0.3, -0.25) is 4.68 Å². The van der Waals surface area contributed by atoms with Crippen LogP contribution in [0, 0.1) is 12.3 Å². The molecule has 3 nitrogen and oxygen atoms in total. The molecule has 1 aliphatic rings. The van der Waals surface area contributed by atoms with Crippen LogP contribution in [-0.4, -0.2) is 22.9 Å². The summed E-state index contributed by atoms with van der Waals surface area (Å²) in [7, 11) is 0. The molecule has 68 valence electrons. The number of hydrogen-bond acceptors (Lipinski definition) is 2. The molecule has 0 spiro atoms. The zero-order valence-electron chi connectivity index (χ0n) is 7.53. The van der Waals surface area contributed by atoms with E-state index in [1.165, 1.54) is 0 Å². The minimum atomic E-state index is -0.186. The number of rotatable bonds is 1. The topological polar surface area (TPSA) is 29.9 Å². The van der Waals surface area contributed by atoms with Crippen LogP contribution in [0.5, 0.6) is 0 Å². The number of hydrogen-bond donors (Lipinski definition) is 1. The second kappa shape index (κ2) is 3.23. The van der Waals surface area contributed by atoms with Crippen LogP contribution >= 0.6 is 0 Å². The van der Waals surface area contributed by atoms with Gasteiger partial charge in [-0.15, -0.1) is 6.42 Å². The third kappa shape index (κ3) is 1.34. The van der Waals surface area contributed by atoms with Crippen molar-refractivity contribution in [1.82, 2.24) is 15.1 Å². The van der Waals surface area contributed by atoms with Gasteiger partial charge in [-0.25, -0.2) is 0 Å². The average molecular weight is 175 g/mol. The van der Waals surface area contributed by atoms with Crippen LogP contribution in [0.4, 0.5) is 0 Å². The second-order valence-corrected chi connectivity index (χ2v) is 3.38. The van der Waals surface area contributed by atoms with Crippen LogP contribution in [0.1, 0.15) is 12.8 Å². The molecule has 0 aromatic carbocycles. The van der Waals surface area contributed by atoms with Gasteiger partial charge in [0.05, 0.1) is 0 Å². The molecule has 13 heavy (non-hydrogen) atoms. The Morgan fingerprint density at radius 1 is 1.46 bits per heavy atom. The van der Waals surface area contributed by atoms with E-state index >= 15 is 0 Å². The summed E-state index contributed by atoms with van der Waals surface area (Å²) in [6.45, 7) is 1.95. The normalized spacial score (nSPS) is 20.8. The highest BCUT2D eigenvalue weighted by Gasteiger charge is 2.31. The molecule has 0 saturated carbocycles. The lowest BCUT2D eigenvalue weighted by atomic mass is 9.89. The number of aromatic nitrogens is 2. The Morgan fingerprint density at radius 3 is 2.77 bits per heavy atom. The van der Waals surface area contributed by atoms with E-state index < -0.39 is 0 Å². The first-order valence-corrected chi connectivity index (χ1v) is 4.56. The van der Waals surface area contributed by atoms with Crippen LogP contribution in [0.25, 0.3) is 0 Å². The van der Waals surface area contributed by atoms with E-state index in [1.54, 1.807) is 6.20 Å². The molecule has 1 N–H and O–H groups in total. The zero-order chi connectivity index (χ0) is 9.15. The van der Waals surface area contributed by atoms with Crippen molar-refractivity contribution < 1.29 is 0 Å². The van der Waals surface area contributed by atoms with Gasteiger partial charge < -0.3 is 5.32 Å². The fraction of sp³-hybridized carbons (Fsp3) is 0.500. The van der Waals surface area contributed by atoms with E-state index in [1.807, 2.05) is 16.9 Å². The maximum absolute atomic E-state index is 5.59. The monoisotopic (exact) mass is 175 g/mol. The summed E-state index contributed by atoms with van der Waals surface area (Å²) in [6, 6.07) is 1.92. The Balaban J connectivity index is 2.30. The summed E-state index contributed by atoms with van der Waals surface area (Å²) in [5.74, 6) is 2.88. The van der Waals surface area contributed by atoms with Crippen LogP contribution in [0.15, 0.2) is 18.5 Å². The summed E-state index contributed by atoms with van der Waals surface area (Å²) in [6.07, 6.45) is 11.2. The molecule has 1 aromatic heterocycles. The van der Waals surface area contributed by atoms with E-state index in [0.29, 0.717) is 0 Å². The van der Waals surface area contributed by atoms with Gasteiger partial charge in [-0.1, -0.05) is 5.92 Å². The molecule has 1 fully saturated rings. The molecular weight excluding hydrogens is 162 g/mol. The molecule has 0 aliphatic carbocycles. The predicted molar refractivity (Wildman–Crippen MR) is 51.1 cm³/mol. The summed E-state index contributed by atoms with van der Waals surface area (Å²) >= 11 is 0. The fourth-order valence-corrected chi connectivity index (χ4v) is 1.80. The van der Waals surface area contributed by atoms with Crippen LogP contribution in [0.2, 0.25) is 0 Å². The van der Waals surface area contributed by atoms with Crippen molar-refractivity contribution in [2.45, 2.75) is 18.4 Å². The highest BCUT2D eigenvalue weighted by Crippen LogP contribution is 2.25. The van der Waals surface area contributed by atoms with Gasteiger partial charge >= 0.3 is 0 Å². The molecule has 0 radical (unpaired) electrons. The maximum atomic E-state index is 5.59. The van der Waals surface area contributed by atoms with Crippen molar-refractivity contribution in [3.63, 3.8) is 0 Å². The summed E-state index contributed by atoms with van der Waals surface area (Å²) in [4.78, 5) is 0. The molecule has 3 heteroatoms. The Kier molecular flexibility index (Phi) is 2.07. The van der Waals surface area contributed by atoms with Gasteiger partial charge in [0.1, 0.15) is 5.54 Å². The van der Waals surface area contributed by atoms with E-state index in [2.05, 4.69) is 16.3 Å². The van der Waals surface area contributed by atoms with Crippen LogP contribution < -0.4 is 5.32 Å². The first-order chi connectivity index (χ1) is 6.37. The average Bonchev–Trinajstić information content (AvgIpc) is 2.72.